The van der Waals surface area contributed by atoms with Crippen molar-refractivity contribution in [2.75, 3.05) is 6.54 Å². The van der Waals surface area contributed by atoms with Crippen LogP contribution in [-0.4, -0.2) is 16.5 Å². The van der Waals surface area contributed by atoms with Crippen LogP contribution in [0.25, 0.3) is 10.9 Å². The quantitative estimate of drug-likeness (QED) is 0.730. The third-order valence-corrected chi connectivity index (χ3v) is 4.08. The molecule has 0 bridgehead atoms. The summed E-state index contributed by atoms with van der Waals surface area (Å²) in [5.74, 6) is 0. The summed E-state index contributed by atoms with van der Waals surface area (Å²) in [7, 11) is 0. The van der Waals surface area contributed by atoms with Crippen LogP contribution in [-0.2, 0) is 13.0 Å². The molecule has 1 aromatic carbocycles. The average molecular weight is 283 g/mol. The first-order valence-corrected chi connectivity index (χ1v) is 7.65. The van der Waals surface area contributed by atoms with Crippen LogP contribution in [0.15, 0.2) is 41.9 Å². The zero-order valence-corrected chi connectivity index (χ0v) is 12.3. The van der Waals surface area contributed by atoms with Gasteiger partial charge in [0.15, 0.2) is 0 Å². The van der Waals surface area contributed by atoms with Gasteiger partial charge in [-0.15, -0.1) is 11.3 Å². The molecule has 0 aliphatic rings. The van der Waals surface area contributed by atoms with E-state index in [1.54, 1.807) is 11.3 Å². The molecule has 4 heteroatoms. The average Bonchev–Trinajstić information content (AvgIpc) is 2.89. The van der Waals surface area contributed by atoms with Crippen molar-refractivity contribution in [1.82, 2.24) is 15.3 Å². The first-order valence-electron chi connectivity index (χ1n) is 6.77. The summed E-state index contributed by atoms with van der Waals surface area (Å²) < 4.78 is 0. The van der Waals surface area contributed by atoms with Crippen LogP contribution in [0.1, 0.15) is 16.3 Å². The first-order chi connectivity index (χ1) is 9.83. The maximum absolute atomic E-state index is 4.48. The Kier molecular flexibility index (Phi) is 4.04. The predicted molar refractivity (Wildman–Crippen MR) is 84.0 cm³/mol. The number of thiazole rings is 1. The molecular formula is C16H17N3S. The van der Waals surface area contributed by atoms with Crippen LogP contribution in [0.4, 0.5) is 0 Å². The van der Waals surface area contributed by atoms with Crippen LogP contribution < -0.4 is 5.32 Å². The molecule has 0 aliphatic heterocycles. The lowest BCUT2D eigenvalue weighted by Gasteiger charge is -2.06. The van der Waals surface area contributed by atoms with E-state index in [-0.39, 0.29) is 0 Å². The Morgan fingerprint density at radius 1 is 1.20 bits per heavy atom. The second-order valence-corrected chi connectivity index (χ2v) is 5.84. The molecule has 0 unspecified atom stereocenters. The lowest BCUT2D eigenvalue weighted by atomic mass is 10.1. The van der Waals surface area contributed by atoms with Crippen molar-refractivity contribution in [3.05, 3.63) is 58.2 Å². The first kappa shape index (κ1) is 13.2. The lowest BCUT2D eigenvalue weighted by molar-refractivity contribution is 0.677. The minimum atomic E-state index is 0.836. The highest BCUT2D eigenvalue weighted by Crippen LogP contribution is 2.16. The van der Waals surface area contributed by atoms with Crippen molar-refractivity contribution in [2.45, 2.75) is 19.9 Å². The topological polar surface area (TPSA) is 37.8 Å². The van der Waals surface area contributed by atoms with Crippen LogP contribution in [0.2, 0.25) is 0 Å². The predicted octanol–water partition coefficient (Wildman–Crippen LogP) is 3.33. The molecule has 0 amide bonds. The second-order valence-electron chi connectivity index (χ2n) is 4.78. The third kappa shape index (κ3) is 3.03. The molecule has 0 spiro atoms. The summed E-state index contributed by atoms with van der Waals surface area (Å²) in [6.07, 6.45) is 2.84. The standard InChI is InChI=1S/C16H17N3S/c1-12-19-15(11-20-12)10-17-9-7-14-5-2-4-13-6-3-8-18-16(13)14/h2-6,8,11,17H,7,9-10H2,1H3. The number of benzene rings is 1. The fourth-order valence-electron chi connectivity index (χ4n) is 2.30. The Labute approximate surface area is 122 Å². The summed E-state index contributed by atoms with van der Waals surface area (Å²) in [5, 5.41) is 7.89. The highest BCUT2D eigenvalue weighted by molar-refractivity contribution is 7.09. The Bertz CT molecular complexity index is 700. The molecule has 2 aromatic heterocycles. The minimum Gasteiger partial charge on any atom is -0.311 e. The van der Waals surface area contributed by atoms with E-state index in [4.69, 9.17) is 0 Å². The fourth-order valence-corrected chi connectivity index (χ4v) is 2.91. The van der Waals surface area contributed by atoms with Gasteiger partial charge in [0.1, 0.15) is 0 Å². The van der Waals surface area contributed by atoms with Gasteiger partial charge in [-0.1, -0.05) is 24.3 Å². The Balaban J connectivity index is 1.60. The van der Waals surface area contributed by atoms with Gasteiger partial charge in [-0.3, -0.25) is 4.98 Å². The summed E-state index contributed by atoms with van der Waals surface area (Å²) in [4.78, 5) is 8.93. The number of nitrogens with one attached hydrogen (secondary N) is 1. The van der Waals surface area contributed by atoms with Gasteiger partial charge in [0.05, 0.1) is 16.2 Å². The highest BCUT2D eigenvalue weighted by atomic mass is 32.1. The summed E-state index contributed by atoms with van der Waals surface area (Å²) in [5.41, 5.74) is 3.54. The number of rotatable bonds is 5. The zero-order chi connectivity index (χ0) is 13.8. The minimum absolute atomic E-state index is 0.836. The molecule has 0 atom stereocenters. The van der Waals surface area contributed by atoms with Gasteiger partial charge >= 0.3 is 0 Å². The molecule has 0 fully saturated rings. The summed E-state index contributed by atoms with van der Waals surface area (Å²) in [6, 6.07) is 10.5. The van der Waals surface area contributed by atoms with E-state index >= 15 is 0 Å². The van der Waals surface area contributed by atoms with E-state index in [9.17, 15) is 0 Å². The summed E-state index contributed by atoms with van der Waals surface area (Å²) in [6.45, 7) is 3.81. The monoisotopic (exact) mass is 283 g/mol. The van der Waals surface area contributed by atoms with Crippen LogP contribution in [0.3, 0.4) is 0 Å². The van der Waals surface area contributed by atoms with Crippen LogP contribution in [0.5, 0.6) is 0 Å². The Morgan fingerprint density at radius 3 is 2.95 bits per heavy atom. The number of aryl methyl sites for hydroxylation is 1. The van der Waals surface area contributed by atoms with Gasteiger partial charge in [0, 0.05) is 23.5 Å². The van der Waals surface area contributed by atoms with E-state index in [2.05, 4.69) is 44.9 Å². The zero-order valence-electron chi connectivity index (χ0n) is 11.5. The smallest absolute Gasteiger partial charge is 0.0897 e. The number of pyridine rings is 1. The maximum atomic E-state index is 4.48. The molecule has 3 aromatic rings. The number of nitrogens with zero attached hydrogens (tertiary/aromatic N) is 2. The van der Waals surface area contributed by atoms with E-state index in [0.29, 0.717) is 0 Å². The molecule has 3 rings (SSSR count). The van der Waals surface area contributed by atoms with E-state index in [0.717, 1.165) is 35.7 Å². The number of aromatic nitrogens is 2. The number of fused-ring (bicyclic) bond motifs is 1. The van der Waals surface area contributed by atoms with Gasteiger partial charge in [-0.25, -0.2) is 4.98 Å². The molecule has 1 N–H and O–H groups in total. The lowest BCUT2D eigenvalue weighted by Crippen LogP contribution is -2.17. The van der Waals surface area contributed by atoms with Crippen molar-refractivity contribution in [2.24, 2.45) is 0 Å². The van der Waals surface area contributed by atoms with E-state index in [1.165, 1.54) is 10.9 Å². The molecule has 0 saturated heterocycles. The normalized spacial score (nSPS) is 11.1. The fraction of sp³-hybridized carbons (Fsp3) is 0.250. The van der Waals surface area contributed by atoms with Crippen molar-refractivity contribution >= 4 is 22.2 Å². The molecule has 0 saturated carbocycles. The Hall–Kier alpha value is -1.78. The number of hydrogen-bond acceptors (Lipinski definition) is 4. The molecule has 0 radical (unpaired) electrons. The van der Waals surface area contributed by atoms with Crippen LogP contribution >= 0.6 is 11.3 Å². The van der Waals surface area contributed by atoms with Gasteiger partial charge < -0.3 is 5.32 Å². The van der Waals surface area contributed by atoms with Gasteiger partial charge in [0.2, 0.25) is 0 Å². The molecule has 102 valence electrons. The molecule has 3 nitrogen and oxygen atoms in total. The van der Waals surface area contributed by atoms with Gasteiger partial charge in [0.25, 0.3) is 0 Å². The van der Waals surface area contributed by atoms with Crippen molar-refractivity contribution in [3.63, 3.8) is 0 Å². The molecular weight excluding hydrogens is 266 g/mol. The van der Waals surface area contributed by atoms with Crippen molar-refractivity contribution < 1.29 is 0 Å². The number of hydrogen-bond donors (Lipinski definition) is 1. The van der Waals surface area contributed by atoms with Gasteiger partial charge in [-0.05, 0) is 31.5 Å². The highest BCUT2D eigenvalue weighted by Gasteiger charge is 2.02. The molecule has 20 heavy (non-hydrogen) atoms. The van der Waals surface area contributed by atoms with Crippen molar-refractivity contribution in [1.29, 1.82) is 0 Å². The van der Waals surface area contributed by atoms with Crippen LogP contribution in [0, 0.1) is 6.92 Å². The summed E-state index contributed by atoms with van der Waals surface area (Å²) >= 11 is 1.70. The second kappa shape index (κ2) is 6.11. The molecule has 0 aliphatic carbocycles. The van der Waals surface area contributed by atoms with Crippen molar-refractivity contribution in [3.8, 4) is 0 Å². The SMILES string of the molecule is Cc1nc(CNCCc2cccc3cccnc23)cs1. The maximum Gasteiger partial charge on any atom is 0.0897 e. The van der Waals surface area contributed by atoms with E-state index in [1.807, 2.05) is 19.2 Å². The Morgan fingerprint density at radius 2 is 2.10 bits per heavy atom. The van der Waals surface area contributed by atoms with E-state index < -0.39 is 0 Å². The number of para-hydroxylation sites is 1. The largest absolute Gasteiger partial charge is 0.311 e. The third-order valence-electron chi connectivity index (χ3n) is 3.26. The molecule has 2 heterocycles. The van der Waals surface area contributed by atoms with Gasteiger partial charge in [-0.2, -0.15) is 0 Å².